The first kappa shape index (κ1) is 12.8. The van der Waals surface area contributed by atoms with E-state index in [0.29, 0.717) is 6.04 Å². The van der Waals surface area contributed by atoms with Crippen molar-refractivity contribution in [1.82, 2.24) is 15.2 Å². The molecule has 2 heterocycles. The third-order valence-electron chi connectivity index (χ3n) is 3.42. The highest BCUT2D eigenvalue weighted by Crippen LogP contribution is 2.23. The van der Waals surface area contributed by atoms with Crippen LogP contribution in [0.1, 0.15) is 19.0 Å². The van der Waals surface area contributed by atoms with Crippen LogP contribution < -0.4 is 10.2 Å². The fourth-order valence-corrected chi connectivity index (χ4v) is 3.13. The Balaban J connectivity index is 2.01. The Bertz CT molecular complexity index is 352. The molecule has 1 atom stereocenters. The monoisotopic (exact) mass is 254 g/mol. The number of likely N-dealkylation sites (N-methyl/N-ethyl adjacent to an activating group) is 1. The van der Waals surface area contributed by atoms with Crippen molar-refractivity contribution < 1.29 is 0 Å². The summed E-state index contributed by atoms with van der Waals surface area (Å²) in [6.07, 6.45) is 1.21. The number of anilines is 1. The molecule has 0 radical (unpaired) electrons. The quantitative estimate of drug-likeness (QED) is 0.880. The Morgan fingerprint density at radius 1 is 1.53 bits per heavy atom. The Labute approximate surface area is 108 Å². The van der Waals surface area contributed by atoms with E-state index in [1.54, 1.807) is 11.3 Å². The second kappa shape index (κ2) is 5.80. The Hall–Kier alpha value is -0.650. The van der Waals surface area contributed by atoms with Gasteiger partial charge in [0.05, 0.1) is 5.69 Å². The zero-order valence-corrected chi connectivity index (χ0v) is 11.8. The molecule has 2 rings (SSSR count). The first-order chi connectivity index (χ1) is 8.24. The smallest absolute Gasteiger partial charge is 0.185 e. The number of nitrogens with zero attached hydrogens (tertiary/aromatic N) is 3. The normalized spacial score (nSPS) is 22.1. The Kier molecular flexibility index (Phi) is 4.36. The molecule has 17 heavy (non-hydrogen) atoms. The molecule has 0 spiro atoms. The lowest BCUT2D eigenvalue weighted by atomic mass is 10.1. The Morgan fingerprint density at radius 2 is 2.35 bits per heavy atom. The van der Waals surface area contributed by atoms with Crippen LogP contribution in [0.15, 0.2) is 5.38 Å². The number of thiazole rings is 1. The van der Waals surface area contributed by atoms with Gasteiger partial charge in [0, 0.05) is 37.6 Å². The second-order valence-electron chi connectivity index (χ2n) is 4.64. The fraction of sp³-hybridized carbons (Fsp3) is 0.750. The van der Waals surface area contributed by atoms with Crippen molar-refractivity contribution >= 4 is 16.5 Å². The predicted molar refractivity (Wildman–Crippen MR) is 73.8 cm³/mol. The third-order valence-corrected chi connectivity index (χ3v) is 4.37. The molecule has 1 unspecified atom stereocenters. The molecule has 96 valence electrons. The van der Waals surface area contributed by atoms with Gasteiger partial charge in [0.2, 0.25) is 0 Å². The summed E-state index contributed by atoms with van der Waals surface area (Å²) in [6, 6.07) is 0.667. The fourth-order valence-electron chi connectivity index (χ4n) is 2.26. The minimum atomic E-state index is 0.667. The molecule has 0 aliphatic carbocycles. The highest BCUT2D eigenvalue weighted by molar-refractivity contribution is 7.13. The third kappa shape index (κ3) is 2.97. The molecule has 1 aliphatic rings. The SMILES string of the molecule is CCC1CN(c2nc(CNC)cs2)CCN1C. The zero-order chi connectivity index (χ0) is 12.3. The van der Waals surface area contributed by atoms with E-state index in [4.69, 9.17) is 0 Å². The van der Waals surface area contributed by atoms with Crippen LogP contribution in [0, 0.1) is 0 Å². The highest BCUT2D eigenvalue weighted by atomic mass is 32.1. The van der Waals surface area contributed by atoms with Gasteiger partial charge in [0.15, 0.2) is 5.13 Å². The van der Waals surface area contributed by atoms with Crippen molar-refractivity contribution in [3.05, 3.63) is 11.1 Å². The van der Waals surface area contributed by atoms with Gasteiger partial charge in [0.1, 0.15) is 0 Å². The van der Waals surface area contributed by atoms with Crippen molar-refractivity contribution in [3.8, 4) is 0 Å². The summed E-state index contributed by atoms with van der Waals surface area (Å²) in [5.41, 5.74) is 1.15. The average molecular weight is 254 g/mol. The van der Waals surface area contributed by atoms with Gasteiger partial charge in [-0.15, -0.1) is 11.3 Å². The zero-order valence-electron chi connectivity index (χ0n) is 10.9. The molecule has 0 aromatic carbocycles. The first-order valence-electron chi connectivity index (χ1n) is 6.28. The number of nitrogens with one attached hydrogen (secondary N) is 1. The van der Waals surface area contributed by atoms with E-state index in [0.717, 1.165) is 31.9 Å². The number of hydrogen-bond donors (Lipinski definition) is 1. The lowest BCUT2D eigenvalue weighted by Gasteiger charge is -2.39. The van der Waals surface area contributed by atoms with Gasteiger partial charge < -0.3 is 10.2 Å². The molecular formula is C12H22N4S. The van der Waals surface area contributed by atoms with E-state index in [2.05, 4.69) is 39.5 Å². The van der Waals surface area contributed by atoms with Crippen molar-refractivity contribution in [2.45, 2.75) is 25.9 Å². The summed E-state index contributed by atoms with van der Waals surface area (Å²) in [5, 5.41) is 6.48. The molecule has 1 saturated heterocycles. The van der Waals surface area contributed by atoms with E-state index >= 15 is 0 Å². The molecule has 4 nitrogen and oxygen atoms in total. The molecule has 1 fully saturated rings. The van der Waals surface area contributed by atoms with Crippen LogP contribution in [0.2, 0.25) is 0 Å². The molecule has 0 saturated carbocycles. The second-order valence-corrected chi connectivity index (χ2v) is 5.48. The van der Waals surface area contributed by atoms with Gasteiger partial charge in [-0.1, -0.05) is 6.92 Å². The Morgan fingerprint density at radius 3 is 3.06 bits per heavy atom. The number of rotatable bonds is 4. The summed E-state index contributed by atoms with van der Waals surface area (Å²) in [4.78, 5) is 9.57. The molecule has 1 aliphatic heterocycles. The van der Waals surface area contributed by atoms with Gasteiger partial charge in [-0.25, -0.2) is 4.98 Å². The van der Waals surface area contributed by atoms with E-state index in [1.165, 1.54) is 11.6 Å². The largest absolute Gasteiger partial charge is 0.345 e. The summed E-state index contributed by atoms with van der Waals surface area (Å²) >= 11 is 1.77. The summed E-state index contributed by atoms with van der Waals surface area (Å²) in [5.74, 6) is 0. The highest BCUT2D eigenvalue weighted by Gasteiger charge is 2.24. The van der Waals surface area contributed by atoms with Crippen molar-refractivity contribution in [2.75, 3.05) is 38.6 Å². The van der Waals surface area contributed by atoms with Crippen LogP contribution in [-0.4, -0.2) is 49.7 Å². The molecule has 0 bridgehead atoms. The lowest BCUT2D eigenvalue weighted by Crippen LogP contribution is -2.51. The van der Waals surface area contributed by atoms with E-state index in [9.17, 15) is 0 Å². The van der Waals surface area contributed by atoms with Gasteiger partial charge in [-0.05, 0) is 20.5 Å². The number of aromatic nitrogens is 1. The van der Waals surface area contributed by atoms with Gasteiger partial charge in [-0.2, -0.15) is 0 Å². The molecule has 5 heteroatoms. The number of hydrogen-bond acceptors (Lipinski definition) is 5. The molecular weight excluding hydrogens is 232 g/mol. The number of piperazine rings is 1. The molecule has 1 N–H and O–H groups in total. The van der Waals surface area contributed by atoms with Crippen molar-refractivity contribution in [3.63, 3.8) is 0 Å². The molecule has 1 aromatic heterocycles. The van der Waals surface area contributed by atoms with Gasteiger partial charge in [-0.3, -0.25) is 4.90 Å². The first-order valence-corrected chi connectivity index (χ1v) is 7.16. The van der Waals surface area contributed by atoms with E-state index in [-0.39, 0.29) is 0 Å². The summed E-state index contributed by atoms with van der Waals surface area (Å²) < 4.78 is 0. The lowest BCUT2D eigenvalue weighted by molar-refractivity contribution is 0.213. The average Bonchev–Trinajstić information content (AvgIpc) is 2.79. The molecule has 0 amide bonds. The molecule has 1 aromatic rings. The van der Waals surface area contributed by atoms with Crippen LogP contribution in [0.25, 0.3) is 0 Å². The minimum Gasteiger partial charge on any atom is -0.345 e. The van der Waals surface area contributed by atoms with Crippen LogP contribution in [-0.2, 0) is 6.54 Å². The van der Waals surface area contributed by atoms with Crippen LogP contribution in [0.5, 0.6) is 0 Å². The minimum absolute atomic E-state index is 0.667. The maximum absolute atomic E-state index is 4.68. The van der Waals surface area contributed by atoms with Crippen molar-refractivity contribution in [1.29, 1.82) is 0 Å². The van der Waals surface area contributed by atoms with Gasteiger partial charge in [0.25, 0.3) is 0 Å². The maximum atomic E-state index is 4.68. The predicted octanol–water partition coefficient (Wildman–Crippen LogP) is 1.39. The topological polar surface area (TPSA) is 31.4 Å². The standard InChI is InChI=1S/C12H22N4S/c1-4-11-8-16(6-5-15(11)3)12-14-10(7-13-2)9-17-12/h9,11,13H,4-8H2,1-3H3. The van der Waals surface area contributed by atoms with Crippen LogP contribution in [0.4, 0.5) is 5.13 Å². The van der Waals surface area contributed by atoms with Gasteiger partial charge >= 0.3 is 0 Å². The van der Waals surface area contributed by atoms with Crippen LogP contribution >= 0.6 is 11.3 Å². The summed E-state index contributed by atoms with van der Waals surface area (Å²) in [6.45, 7) is 6.47. The van der Waals surface area contributed by atoms with Crippen LogP contribution in [0.3, 0.4) is 0 Å². The van der Waals surface area contributed by atoms with Crippen molar-refractivity contribution in [2.24, 2.45) is 0 Å². The maximum Gasteiger partial charge on any atom is 0.185 e. The summed E-state index contributed by atoms with van der Waals surface area (Å²) in [7, 11) is 4.18. The van der Waals surface area contributed by atoms with E-state index < -0.39 is 0 Å². The van der Waals surface area contributed by atoms with E-state index in [1.807, 2.05) is 7.05 Å².